The molecule has 0 spiro atoms. The first-order valence-electron chi connectivity index (χ1n) is 11.2. The van der Waals surface area contributed by atoms with Gasteiger partial charge in [0.05, 0.1) is 29.7 Å². The molecule has 3 aromatic rings. The molecule has 4 heterocycles. The van der Waals surface area contributed by atoms with Crippen molar-refractivity contribution in [3.05, 3.63) is 47.9 Å². The van der Waals surface area contributed by atoms with Crippen LogP contribution in [-0.2, 0) is 6.42 Å². The van der Waals surface area contributed by atoms with Crippen molar-refractivity contribution in [1.29, 1.82) is 0 Å². The fourth-order valence-corrected chi connectivity index (χ4v) is 4.49. The van der Waals surface area contributed by atoms with Crippen LogP contribution in [0.3, 0.4) is 0 Å². The second-order valence-electron chi connectivity index (χ2n) is 9.02. The third kappa shape index (κ3) is 4.53. The zero-order valence-corrected chi connectivity index (χ0v) is 18.7. The number of ether oxygens (including phenoxy) is 1. The van der Waals surface area contributed by atoms with Gasteiger partial charge in [0, 0.05) is 51.1 Å². The minimum absolute atomic E-state index is 0.168. The summed E-state index contributed by atoms with van der Waals surface area (Å²) in [7, 11) is 0. The highest BCUT2D eigenvalue weighted by molar-refractivity contribution is 6.09. The number of halogens is 2. The molecule has 2 aliphatic heterocycles. The molecule has 34 heavy (non-hydrogen) atoms. The molecular formula is C23H26F2N6O3. The molecule has 2 aliphatic rings. The summed E-state index contributed by atoms with van der Waals surface area (Å²) < 4.78 is 32.9. The van der Waals surface area contributed by atoms with Gasteiger partial charge in [-0.05, 0) is 24.6 Å². The van der Waals surface area contributed by atoms with Crippen LogP contribution in [0.4, 0.5) is 20.2 Å². The number of rotatable bonds is 5. The molecule has 11 heteroatoms. The second kappa shape index (κ2) is 8.80. The van der Waals surface area contributed by atoms with E-state index >= 15 is 0 Å². The van der Waals surface area contributed by atoms with Crippen molar-refractivity contribution in [3.63, 3.8) is 0 Å². The number of aliphatic hydroxyl groups is 1. The topological polar surface area (TPSA) is 95.2 Å². The Kier molecular flexibility index (Phi) is 5.82. The van der Waals surface area contributed by atoms with Crippen molar-refractivity contribution in [2.45, 2.75) is 25.4 Å². The Balaban J connectivity index is 1.45. The number of nitrogens with one attached hydrogen (secondary N) is 1. The van der Waals surface area contributed by atoms with Crippen LogP contribution in [0.2, 0.25) is 0 Å². The van der Waals surface area contributed by atoms with Crippen molar-refractivity contribution in [1.82, 2.24) is 19.5 Å². The summed E-state index contributed by atoms with van der Waals surface area (Å²) in [5.41, 5.74) is 1.84. The minimum Gasteiger partial charge on any atom is -0.490 e. The molecule has 1 fully saturated rings. The van der Waals surface area contributed by atoms with E-state index < -0.39 is 12.0 Å². The number of anilines is 2. The van der Waals surface area contributed by atoms with Crippen LogP contribution < -0.4 is 15.0 Å². The molecule has 1 atom stereocenters. The molecule has 1 amide bonds. The summed E-state index contributed by atoms with van der Waals surface area (Å²) in [5, 5.41) is 17.6. The van der Waals surface area contributed by atoms with Crippen molar-refractivity contribution in [2.24, 2.45) is 0 Å². The lowest BCUT2D eigenvalue weighted by molar-refractivity contribution is -0.000569. The smallest absolute Gasteiger partial charge is 0.261 e. The Morgan fingerprint density at radius 1 is 1.29 bits per heavy atom. The van der Waals surface area contributed by atoms with E-state index in [4.69, 9.17) is 4.74 Å². The number of aromatic nitrogens is 3. The standard InChI is InChI=1S/C23H26F2N6O3/c1-23(33)11-15-9-17(28-22(32)16-12-27-31-4-2-3-26-21(16)31)18(10-19(15)34-14-23)30-7-5-29(6-8-30)13-20(24)25/h2-4,9-10,12,20,33H,5-8,11,13-14H2,1H3,(H,28,32)/t23-/m0/s1. The van der Waals surface area contributed by atoms with Gasteiger partial charge < -0.3 is 20.1 Å². The summed E-state index contributed by atoms with van der Waals surface area (Å²) in [6.45, 7) is 3.66. The van der Waals surface area contributed by atoms with Crippen LogP contribution in [0.1, 0.15) is 22.8 Å². The Morgan fingerprint density at radius 2 is 2.09 bits per heavy atom. The van der Waals surface area contributed by atoms with Gasteiger partial charge in [0.25, 0.3) is 12.3 Å². The van der Waals surface area contributed by atoms with Crippen LogP contribution in [0.5, 0.6) is 5.75 Å². The molecule has 2 N–H and O–H groups in total. The second-order valence-corrected chi connectivity index (χ2v) is 9.02. The van der Waals surface area contributed by atoms with Gasteiger partial charge in [-0.2, -0.15) is 5.10 Å². The normalized spacial score (nSPS) is 20.9. The maximum atomic E-state index is 13.2. The first-order chi connectivity index (χ1) is 16.3. The summed E-state index contributed by atoms with van der Waals surface area (Å²) >= 11 is 0. The summed E-state index contributed by atoms with van der Waals surface area (Å²) in [6.07, 6.45) is 2.78. The van der Waals surface area contributed by atoms with E-state index in [0.29, 0.717) is 55.2 Å². The van der Waals surface area contributed by atoms with E-state index in [-0.39, 0.29) is 19.1 Å². The molecule has 0 aliphatic carbocycles. The van der Waals surface area contributed by atoms with E-state index in [2.05, 4.69) is 20.3 Å². The summed E-state index contributed by atoms with van der Waals surface area (Å²) in [6, 6.07) is 5.40. The van der Waals surface area contributed by atoms with Crippen molar-refractivity contribution in [3.8, 4) is 5.75 Å². The number of carbonyl (C=O) groups excluding carboxylic acids is 1. The molecule has 1 saturated heterocycles. The van der Waals surface area contributed by atoms with Gasteiger partial charge in [-0.3, -0.25) is 9.69 Å². The van der Waals surface area contributed by atoms with Gasteiger partial charge in [-0.1, -0.05) is 0 Å². The number of piperazine rings is 1. The third-order valence-corrected chi connectivity index (χ3v) is 6.17. The fraction of sp³-hybridized carbons (Fsp3) is 0.435. The summed E-state index contributed by atoms with van der Waals surface area (Å²) in [5.74, 6) is 0.280. The Bertz CT molecular complexity index is 1210. The van der Waals surface area contributed by atoms with E-state index in [1.165, 1.54) is 10.7 Å². The molecule has 5 rings (SSSR count). The highest BCUT2D eigenvalue weighted by Crippen LogP contribution is 2.39. The van der Waals surface area contributed by atoms with Gasteiger partial charge in [0.2, 0.25) is 0 Å². The number of hydrogen-bond donors (Lipinski definition) is 2. The Labute approximate surface area is 194 Å². The average Bonchev–Trinajstić information content (AvgIpc) is 3.23. The van der Waals surface area contributed by atoms with Crippen LogP contribution in [0.15, 0.2) is 36.8 Å². The minimum atomic E-state index is -2.37. The van der Waals surface area contributed by atoms with Gasteiger partial charge in [0.15, 0.2) is 5.65 Å². The number of fused-ring (bicyclic) bond motifs is 2. The number of carbonyl (C=O) groups is 1. The number of hydrogen-bond acceptors (Lipinski definition) is 7. The number of nitrogens with zero attached hydrogens (tertiary/aromatic N) is 5. The van der Waals surface area contributed by atoms with Crippen LogP contribution in [0.25, 0.3) is 5.65 Å². The highest BCUT2D eigenvalue weighted by atomic mass is 19.3. The van der Waals surface area contributed by atoms with Crippen molar-refractivity contribution in [2.75, 3.05) is 49.5 Å². The van der Waals surface area contributed by atoms with Crippen LogP contribution in [0, 0.1) is 0 Å². The molecule has 9 nitrogen and oxygen atoms in total. The van der Waals surface area contributed by atoms with Crippen LogP contribution in [-0.4, -0.2) is 81.9 Å². The van der Waals surface area contributed by atoms with Crippen molar-refractivity contribution >= 4 is 22.9 Å². The van der Waals surface area contributed by atoms with Gasteiger partial charge in [0.1, 0.15) is 17.9 Å². The summed E-state index contributed by atoms with van der Waals surface area (Å²) in [4.78, 5) is 21.2. The van der Waals surface area contributed by atoms with Gasteiger partial charge in [-0.15, -0.1) is 0 Å². The lowest BCUT2D eigenvalue weighted by Gasteiger charge is -2.38. The van der Waals surface area contributed by atoms with Crippen molar-refractivity contribution < 1.29 is 23.4 Å². The molecule has 0 unspecified atom stereocenters. The number of amides is 1. The lowest BCUT2D eigenvalue weighted by Crippen LogP contribution is -2.48. The monoisotopic (exact) mass is 472 g/mol. The fourth-order valence-electron chi connectivity index (χ4n) is 4.49. The Hall–Kier alpha value is -3.31. The van der Waals surface area contributed by atoms with E-state index in [1.54, 1.807) is 30.3 Å². The molecule has 180 valence electrons. The zero-order chi connectivity index (χ0) is 23.9. The van der Waals surface area contributed by atoms with E-state index in [1.807, 2.05) is 12.1 Å². The number of alkyl halides is 2. The SMILES string of the molecule is C[C@@]1(O)COc2cc(N3CCN(CC(F)F)CC3)c(NC(=O)c3cnn4cccnc34)cc2C1. The molecule has 2 aromatic heterocycles. The largest absolute Gasteiger partial charge is 0.490 e. The predicted octanol–water partition coefficient (Wildman–Crippen LogP) is 2.05. The van der Waals surface area contributed by atoms with Gasteiger partial charge >= 0.3 is 0 Å². The first kappa shape index (κ1) is 22.5. The predicted molar refractivity (Wildman–Crippen MR) is 122 cm³/mol. The molecular weight excluding hydrogens is 446 g/mol. The highest BCUT2D eigenvalue weighted by Gasteiger charge is 2.31. The lowest BCUT2D eigenvalue weighted by atomic mass is 9.93. The molecule has 0 bridgehead atoms. The van der Waals surface area contributed by atoms with Gasteiger partial charge in [-0.25, -0.2) is 18.3 Å². The zero-order valence-electron chi connectivity index (χ0n) is 18.7. The first-order valence-corrected chi connectivity index (χ1v) is 11.2. The quantitative estimate of drug-likeness (QED) is 0.587. The third-order valence-electron chi connectivity index (χ3n) is 6.17. The maximum Gasteiger partial charge on any atom is 0.261 e. The average molecular weight is 472 g/mol. The van der Waals surface area contributed by atoms with Crippen LogP contribution >= 0.6 is 0 Å². The molecule has 1 aromatic carbocycles. The number of benzene rings is 1. The molecule has 0 radical (unpaired) electrons. The van der Waals surface area contributed by atoms with E-state index in [0.717, 1.165) is 11.3 Å². The molecule has 0 saturated carbocycles. The van der Waals surface area contributed by atoms with E-state index in [9.17, 15) is 18.7 Å². The maximum absolute atomic E-state index is 13.2. The Morgan fingerprint density at radius 3 is 2.85 bits per heavy atom.